The van der Waals surface area contributed by atoms with E-state index < -0.39 is 0 Å². The molecule has 0 bridgehead atoms. The number of nitrogens with one attached hydrogen (secondary N) is 1. The Kier molecular flexibility index (Phi) is 2.50. The first-order valence-electron chi connectivity index (χ1n) is 3.95. The highest BCUT2D eigenvalue weighted by Gasteiger charge is 2.17. The first kappa shape index (κ1) is 9.84. The smallest absolute Gasteiger partial charge is 0.278 e. The molecule has 2 rings (SSSR count). The van der Waals surface area contributed by atoms with Gasteiger partial charge in [-0.05, 0) is 15.9 Å². The number of halogens is 1. The van der Waals surface area contributed by atoms with E-state index in [2.05, 4.69) is 41.2 Å². The molecule has 0 aliphatic heterocycles. The molecule has 0 atom stereocenters. The minimum absolute atomic E-state index is 0.318. The Morgan fingerprint density at radius 1 is 1.67 bits per heavy atom. The SMILES string of the molecule is Cn1nnc(Br)c1C(=O)Nc1ccon1. The maximum atomic E-state index is 11.7. The van der Waals surface area contributed by atoms with E-state index in [0.29, 0.717) is 16.1 Å². The van der Waals surface area contributed by atoms with Gasteiger partial charge in [0.2, 0.25) is 0 Å². The predicted octanol–water partition coefficient (Wildman–Crippen LogP) is 0.818. The van der Waals surface area contributed by atoms with Crippen molar-refractivity contribution in [2.24, 2.45) is 7.05 Å². The number of aromatic nitrogens is 4. The summed E-state index contributed by atoms with van der Waals surface area (Å²) in [5, 5.41) is 13.5. The van der Waals surface area contributed by atoms with Gasteiger partial charge in [0, 0.05) is 13.1 Å². The Morgan fingerprint density at radius 3 is 3.00 bits per heavy atom. The predicted molar refractivity (Wildman–Crippen MR) is 53.2 cm³/mol. The van der Waals surface area contributed by atoms with Gasteiger partial charge in [-0.2, -0.15) is 0 Å². The largest absolute Gasteiger partial charge is 0.363 e. The van der Waals surface area contributed by atoms with Crippen LogP contribution in [0.4, 0.5) is 5.82 Å². The van der Waals surface area contributed by atoms with Crippen molar-refractivity contribution >= 4 is 27.7 Å². The molecule has 0 fully saturated rings. The average molecular weight is 272 g/mol. The molecule has 0 unspecified atom stereocenters. The molecule has 78 valence electrons. The number of aryl methyl sites for hydroxylation is 1. The van der Waals surface area contributed by atoms with Crippen LogP contribution in [0.15, 0.2) is 21.5 Å². The summed E-state index contributed by atoms with van der Waals surface area (Å²) in [6, 6.07) is 1.54. The van der Waals surface area contributed by atoms with Crippen LogP contribution in [-0.4, -0.2) is 26.1 Å². The van der Waals surface area contributed by atoms with Crippen molar-refractivity contribution in [3.8, 4) is 0 Å². The minimum atomic E-state index is -0.358. The first-order valence-corrected chi connectivity index (χ1v) is 4.74. The number of rotatable bonds is 2. The van der Waals surface area contributed by atoms with Crippen molar-refractivity contribution in [1.82, 2.24) is 20.2 Å². The van der Waals surface area contributed by atoms with Gasteiger partial charge in [0.15, 0.2) is 16.1 Å². The number of carbonyl (C=O) groups is 1. The number of carbonyl (C=O) groups excluding carboxylic acids is 1. The highest BCUT2D eigenvalue weighted by Crippen LogP contribution is 2.13. The number of hydrogen-bond donors (Lipinski definition) is 1. The van der Waals surface area contributed by atoms with Crippen molar-refractivity contribution in [2.45, 2.75) is 0 Å². The molecule has 0 spiro atoms. The summed E-state index contributed by atoms with van der Waals surface area (Å²) >= 11 is 3.12. The molecule has 2 heterocycles. The zero-order valence-corrected chi connectivity index (χ0v) is 9.22. The van der Waals surface area contributed by atoms with Gasteiger partial charge in [0.25, 0.3) is 5.91 Å². The van der Waals surface area contributed by atoms with Crippen LogP contribution in [0, 0.1) is 0 Å². The molecule has 1 amide bonds. The second-order valence-electron chi connectivity index (χ2n) is 2.69. The van der Waals surface area contributed by atoms with Crippen LogP contribution in [0.25, 0.3) is 0 Å². The molecule has 0 saturated heterocycles. The third-order valence-electron chi connectivity index (χ3n) is 1.68. The second kappa shape index (κ2) is 3.81. The molecule has 1 N–H and O–H groups in total. The molecule has 0 saturated carbocycles. The van der Waals surface area contributed by atoms with Gasteiger partial charge in [-0.15, -0.1) is 5.10 Å². The van der Waals surface area contributed by atoms with Crippen LogP contribution < -0.4 is 5.32 Å². The molecule has 15 heavy (non-hydrogen) atoms. The standard InChI is InChI=1S/C7H6BrN5O2/c1-13-5(6(8)10-12-13)7(14)9-4-2-3-15-11-4/h2-3H,1H3,(H,9,11,14). The Morgan fingerprint density at radius 2 is 2.47 bits per heavy atom. The zero-order valence-electron chi connectivity index (χ0n) is 7.64. The number of hydrogen-bond acceptors (Lipinski definition) is 5. The van der Waals surface area contributed by atoms with Gasteiger partial charge in [-0.1, -0.05) is 10.4 Å². The van der Waals surface area contributed by atoms with Gasteiger partial charge in [0.05, 0.1) is 0 Å². The summed E-state index contributed by atoms with van der Waals surface area (Å²) in [6.45, 7) is 0. The molecule has 0 radical (unpaired) electrons. The fourth-order valence-electron chi connectivity index (χ4n) is 1.03. The molecular weight excluding hydrogens is 266 g/mol. The normalized spacial score (nSPS) is 10.3. The lowest BCUT2D eigenvalue weighted by Crippen LogP contribution is -2.16. The summed E-state index contributed by atoms with van der Waals surface area (Å²) in [4.78, 5) is 11.7. The molecule has 2 aromatic rings. The van der Waals surface area contributed by atoms with Crippen LogP contribution in [0.2, 0.25) is 0 Å². The molecular formula is C7H6BrN5O2. The van der Waals surface area contributed by atoms with E-state index in [1.165, 1.54) is 17.0 Å². The number of anilines is 1. The summed E-state index contributed by atoms with van der Waals surface area (Å²) in [7, 11) is 1.62. The second-order valence-corrected chi connectivity index (χ2v) is 3.44. The Bertz CT molecular complexity index is 458. The lowest BCUT2D eigenvalue weighted by molar-refractivity contribution is 0.101. The van der Waals surface area contributed by atoms with Crippen molar-refractivity contribution < 1.29 is 9.32 Å². The summed E-state index contributed by atoms with van der Waals surface area (Å²) in [6.07, 6.45) is 1.37. The Balaban J connectivity index is 2.22. The molecule has 7 nitrogen and oxygen atoms in total. The van der Waals surface area contributed by atoms with Crippen molar-refractivity contribution in [1.29, 1.82) is 0 Å². The molecule has 0 aliphatic rings. The van der Waals surface area contributed by atoms with Crippen LogP contribution in [-0.2, 0) is 7.05 Å². The maximum absolute atomic E-state index is 11.7. The monoisotopic (exact) mass is 271 g/mol. The van der Waals surface area contributed by atoms with E-state index >= 15 is 0 Å². The summed E-state index contributed by atoms with van der Waals surface area (Å²) in [5.74, 6) is -0.0172. The molecule has 0 aliphatic carbocycles. The molecule has 8 heteroatoms. The van der Waals surface area contributed by atoms with E-state index in [9.17, 15) is 4.79 Å². The number of amides is 1. The zero-order chi connectivity index (χ0) is 10.8. The van der Waals surface area contributed by atoms with Gasteiger partial charge < -0.3 is 9.84 Å². The van der Waals surface area contributed by atoms with Crippen molar-refractivity contribution in [3.63, 3.8) is 0 Å². The van der Waals surface area contributed by atoms with Gasteiger partial charge in [-0.25, -0.2) is 4.68 Å². The highest BCUT2D eigenvalue weighted by atomic mass is 79.9. The van der Waals surface area contributed by atoms with E-state index in [4.69, 9.17) is 0 Å². The van der Waals surface area contributed by atoms with E-state index in [0.717, 1.165) is 0 Å². The Labute approximate surface area is 92.6 Å². The fourth-order valence-corrected chi connectivity index (χ4v) is 1.53. The third kappa shape index (κ3) is 1.89. The fraction of sp³-hybridized carbons (Fsp3) is 0.143. The molecule has 2 aromatic heterocycles. The summed E-state index contributed by atoms with van der Waals surface area (Å²) in [5.41, 5.74) is 0.318. The minimum Gasteiger partial charge on any atom is -0.363 e. The van der Waals surface area contributed by atoms with E-state index in [-0.39, 0.29) is 5.91 Å². The van der Waals surface area contributed by atoms with Gasteiger partial charge in [-0.3, -0.25) is 4.79 Å². The van der Waals surface area contributed by atoms with Crippen LogP contribution in [0.3, 0.4) is 0 Å². The van der Waals surface area contributed by atoms with Crippen LogP contribution in [0.5, 0.6) is 0 Å². The quantitative estimate of drug-likeness (QED) is 0.874. The summed E-state index contributed by atoms with van der Waals surface area (Å²) < 4.78 is 6.32. The highest BCUT2D eigenvalue weighted by molar-refractivity contribution is 9.10. The van der Waals surface area contributed by atoms with E-state index in [1.807, 2.05) is 0 Å². The van der Waals surface area contributed by atoms with Gasteiger partial charge >= 0.3 is 0 Å². The topological polar surface area (TPSA) is 85.8 Å². The van der Waals surface area contributed by atoms with Crippen LogP contribution >= 0.6 is 15.9 Å². The lowest BCUT2D eigenvalue weighted by atomic mass is 10.4. The lowest BCUT2D eigenvalue weighted by Gasteiger charge is -2.00. The maximum Gasteiger partial charge on any atom is 0.278 e. The molecule has 0 aromatic carbocycles. The van der Waals surface area contributed by atoms with Crippen molar-refractivity contribution in [2.75, 3.05) is 5.32 Å². The Hall–Kier alpha value is -1.70. The third-order valence-corrected chi connectivity index (χ3v) is 2.21. The number of nitrogens with zero attached hydrogens (tertiary/aromatic N) is 4. The van der Waals surface area contributed by atoms with Crippen LogP contribution in [0.1, 0.15) is 10.5 Å². The first-order chi connectivity index (χ1) is 7.18. The van der Waals surface area contributed by atoms with E-state index in [1.54, 1.807) is 7.05 Å². The van der Waals surface area contributed by atoms with Gasteiger partial charge in [0.1, 0.15) is 6.26 Å². The average Bonchev–Trinajstić information content (AvgIpc) is 2.77. The van der Waals surface area contributed by atoms with Crippen molar-refractivity contribution in [3.05, 3.63) is 22.6 Å².